The Kier molecular flexibility index (Phi) is 4.67. The highest BCUT2D eigenvalue weighted by molar-refractivity contribution is 6.06. The lowest BCUT2D eigenvalue weighted by Gasteiger charge is -2.11. The summed E-state index contributed by atoms with van der Waals surface area (Å²) in [5, 5.41) is 13.5. The molecule has 1 aromatic heterocycles. The van der Waals surface area contributed by atoms with Gasteiger partial charge in [-0.3, -0.25) is 4.79 Å². The number of nitrogens with zero attached hydrogens (tertiary/aromatic N) is 2. The van der Waals surface area contributed by atoms with Crippen LogP contribution in [0.15, 0.2) is 54.6 Å². The Hall–Kier alpha value is -2.99. The van der Waals surface area contributed by atoms with Crippen LogP contribution < -0.4 is 5.32 Å². The van der Waals surface area contributed by atoms with Gasteiger partial charge in [0.2, 0.25) is 0 Å². The van der Waals surface area contributed by atoms with E-state index in [-0.39, 0.29) is 17.7 Å². The molecule has 122 valence electrons. The molecule has 6 heteroatoms. The summed E-state index contributed by atoms with van der Waals surface area (Å²) in [6, 6.07) is 17.0. The third-order valence-electron chi connectivity index (χ3n) is 3.78. The van der Waals surface area contributed by atoms with Crippen LogP contribution in [0.5, 0.6) is 0 Å². The quantitative estimate of drug-likeness (QED) is 0.754. The molecule has 2 N–H and O–H groups in total. The molecule has 0 aliphatic carbocycles. The van der Waals surface area contributed by atoms with Crippen LogP contribution in [0.3, 0.4) is 0 Å². The molecule has 1 amide bonds. The van der Waals surface area contributed by atoms with Crippen LogP contribution in [0, 0.1) is 0 Å². The first-order chi connectivity index (χ1) is 11.7. The number of aromatic amines is 1. The molecule has 6 nitrogen and oxygen atoms in total. The van der Waals surface area contributed by atoms with Gasteiger partial charge in [-0.25, -0.2) is 0 Å². The second-order valence-electron chi connectivity index (χ2n) is 5.34. The second kappa shape index (κ2) is 7.06. The van der Waals surface area contributed by atoms with Crippen LogP contribution in [-0.4, -0.2) is 28.4 Å². The van der Waals surface area contributed by atoms with Crippen molar-refractivity contribution in [1.29, 1.82) is 0 Å². The number of hydrogen-bond donors (Lipinski definition) is 2. The number of rotatable bonds is 5. The van der Waals surface area contributed by atoms with Gasteiger partial charge >= 0.3 is 0 Å². The van der Waals surface area contributed by atoms with Crippen LogP contribution >= 0.6 is 0 Å². The van der Waals surface area contributed by atoms with Crippen LogP contribution in [-0.2, 0) is 4.74 Å². The fourth-order valence-corrected chi connectivity index (χ4v) is 2.38. The van der Waals surface area contributed by atoms with E-state index in [1.54, 1.807) is 7.11 Å². The van der Waals surface area contributed by atoms with Crippen molar-refractivity contribution in [1.82, 2.24) is 15.4 Å². The van der Waals surface area contributed by atoms with E-state index in [0.29, 0.717) is 11.4 Å². The van der Waals surface area contributed by atoms with E-state index in [9.17, 15) is 4.79 Å². The molecule has 1 atom stereocenters. The summed E-state index contributed by atoms with van der Waals surface area (Å²) in [5.74, 6) is -0.315. The van der Waals surface area contributed by atoms with Gasteiger partial charge in [0.15, 0.2) is 5.69 Å². The van der Waals surface area contributed by atoms with Gasteiger partial charge in [0, 0.05) is 18.4 Å². The Morgan fingerprint density at radius 3 is 2.67 bits per heavy atom. The lowest BCUT2D eigenvalue weighted by atomic mass is 10.1. The number of benzene rings is 2. The molecule has 1 heterocycles. The molecule has 2 aromatic carbocycles. The first-order valence-electron chi connectivity index (χ1n) is 7.59. The predicted molar refractivity (Wildman–Crippen MR) is 91.6 cm³/mol. The van der Waals surface area contributed by atoms with Gasteiger partial charge in [0.1, 0.15) is 5.69 Å². The number of ether oxygens (including phenoxy) is 1. The number of carbonyl (C=O) groups excluding carboxylic acids is 1. The molecule has 24 heavy (non-hydrogen) atoms. The van der Waals surface area contributed by atoms with E-state index in [4.69, 9.17) is 4.74 Å². The number of methoxy groups -OCH3 is 1. The summed E-state index contributed by atoms with van der Waals surface area (Å²) in [7, 11) is 1.65. The first kappa shape index (κ1) is 15.9. The van der Waals surface area contributed by atoms with E-state index < -0.39 is 0 Å². The molecule has 0 radical (unpaired) electrons. The lowest BCUT2D eigenvalue weighted by molar-refractivity contribution is 0.102. The number of aromatic nitrogens is 3. The third-order valence-corrected chi connectivity index (χ3v) is 3.78. The third kappa shape index (κ3) is 3.33. The van der Waals surface area contributed by atoms with Crippen molar-refractivity contribution >= 4 is 11.6 Å². The zero-order valence-electron chi connectivity index (χ0n) is 13.5. The van der Waals surface area contributed by atoms with Crippen molar-refractivity contribution in [3.8, 4) is 11.3 Å². The van der Waals surface area contributed by atoms with Crippen molar-refractivity contribution in [2.24, 2.45) is 0 Å². The molecule has 3 aromatic rings. The number of nitrogens with one attached hydrogen (secondary N) is 2. The van der Waals surface area contributed by atoms with Crippen LogP contribution in [0.4, 0.5) is 5.69 Å². The van der Waals surface area contributed by atoms with Crippen molar-refractivity contribution in [2.45, 2.75) is 13.0 Å². The number of H-pyrrole nitrogens is 1. The number of hydrogen-bond acceptors (Lipinski definition) is 4. The summed E-state index contributed by atoms with van der Waals surface area (Å²) < 4.78 is 5.31. The molecule has 0 spiro atoms. The van der Waals surface area contributed by atoms with E-state index in [1.165, 1.54) is 0 Å². The smallest absolute Gasteiger partial charge is 0.278 e. The summed E-state index contributed by atoms with van der Waals surface area (Å²) in [5.41, 5.74) is 3.28. The standard InChI is InChI=1S/C18H18N4O2/c1-12(24-2)14-9-6-10-15(11-14)19-18(23)17-16(20-22-21-17)13-7-4-3-5-8-13/h3-12H,1-2H3,(H,19,23)(H,20,21,22). The van der Waals surface area contributed by atoms with Crippen molar-refractivity contribution in [2.75, 3.05) is 12.4 Å². The molecule has 0 aliphatic heterocycles. The van der Waals surface area contributed by atoms with Gasteiger partial charge in [-0.1, -0.05) is 42.5 Å². The Bertz CT molecular complexity index is 830. The lowest BCUT2D eigenvalue weighted by Crippen LogP contribution is -2.14. The van der Waals surface area contributed by atoms with E-state index in [1.807, 2.05) is 61.5 Å². The van der Waals surface area contributed by atoms with E-state index >= 15 is 0 Å². The number of amides is 1. The van der Waals surface area contributed by atoms with Crippen molar-refractivity contribution in [3.05, 3.63) is 65.9 Å². The Morgan fingerprint density at radius 1 is 1.12 bits per heavy atom. The van der Waals surface area contributed by atoms with Gasteiger partial charge in [-0.05, 0) is 24.6 Å². The SMILES string of the molecule is COC(C)c1cccc(NC(=O)c2n[nH]nc2-c2ccccc2)c1. The molecular weight excluding hydrogens is 304 g/mol. The number of carbonyl (C=O) groups is 1. The minimum atomic E-state index is -0.315. The van der Waals surface area contributed by atoms with Crippen LogP contribution in [0.2, 0.25) is 0 Å². The second-order valence-corrected chi connectivity index (χ2v) is 5.34. The average molecular weight is 322 g/mol. The molecule has 0 saturated heterocycles. The topological polar surface area (TPSA) is 79.9 Å². The summed E-state index contributed by atoms with van der Waals surface area (Å²) in [6.45, 7) is 1.95. The maximum absolute atomic E-state index is 12.6. The Morgan fingerprint density at radius 2 is 1.92 bits per heavy atom. The zero-order chi connectivity index (χ0) is 16.9. The predicted octanol–water partition coefficient (Wildman–Crippen LogP) is 3.43. The molecule has 0 aliphatic rings. The van der Waals surface area contributed by atoms with Crippen molar-refractivity contribution < 1.29 is 9.53 Å². The van der Waals surface area contributed by atoms with E-state index in [0.717, 1.165) is 11.1 Å². The molecule has 1 unspecified atom stereocenters. The summed E-state index contributed by atoms with van der Waals surface area (Å²) in [4.78, 5) is 12.6. The van der Waals surface area contributed by atoms with Gasteiger partial charge in [-0.2, -0.15) is 15.4 Å². The minimum absolute atomic E-state index is 0.0474. The Labute approximate surface area is 139 Å². The molecule has 0 bridgehead atoms. The highest BCUT2D eigenvalue weighted by atomic mass is 16.5. The molecular formula is C18H18N4O2. The monoisotopic (exact) mass is 322 g/mol. The van der Waals surface area contributed by atoms with Crippen LogP contribution in [0.1, 0.15) is 29.1 Å². The fraction of sp³-hybridized carbons (Fsp3) is 0.167. The van der Waals surface area contributed by atoms with Gasteiger partial charge in [0.25, 0.3) is 5.91 Å². The molecule has 0 saturated carbocycles. The van der Waals surface area contributed by atoms with Gasteiger partial charge < -0.3 is 10.1 Å². The highest BCUT2D eigenvalue weighted by Crippen LogP contribution is 2.22. The van der Waals surface area contributed by atoms with Gasteiger partial charge in [0.05, 0.1) is 6.10 Å². The normalized spacial score (nSPS) is 11.9. The first-order valence-corrected chi connectivity index (χ1v) is 7.59. The van der Waals surface area contributed by atoms with Gasteiger partial charge in [-0.15, -0.1) is 0 Å². The summed E-state index contributed by atoms with van der Waals surface area (Å²) >= 11 is 0. The number of anilines is 1. The zero-order valence-corrected chi connectivity index (χ0v) is 13.5. The van der Waals surface area contributed by atoms with Crippen LogP contribution in [0.25, 0.3) is 11.3 Å². The molecule has 0 fully saturated rings. The highest BCUT2D eigenvalue weighted by Gasteiger charge is 2.18. The minimum Gasteiger partial charge on any atom is -0.377 e. The van der Waals surface area contributed by atoms with Crippen molar-refractivity contribution in [3.63, 3.8) is 0 Å². The largest absolute Gasteiger partial charge is 0.377 e. The maximum atomic E-state index is 12.6. The maximum Gasteiger partial charge on any atom is 0.278 e. The summed E-state index contributed by atoms with van der Waals surface area (Å²) in [6.07, 6.45) is -0.0474. The average Bonchev–Trinajstić information content (AvgIpc) is 3.12. The van der Waals surface area contributed by atoms with E-state index in [2.05, 4.69) is 20.7 Å². The fourth-order valence-electron chi connectivity index (χ4n) is 2.38. The molecule has 3 rings (SSSR count). The Balaban J connectivity index is 1.83.